The maximum atomic E-state index is 8.91. The third kappa shape index (κ3) is 4.06. The average Bonchev–Trinajstić information content (AvgIpc) is 1.87. The quantitative estimate of drug-likeness (QED) is 0.504. The zero-order valence-electron chi connectivity index (χ0n) is 5.17. The van der Waals surface area contributed by atoms with Gasteiger partial charge >= 0.3 is 9.05 Å². The van der Waals surface area contributed by atoms with Crippen molar-refractivity contribution < 1.29 is 18.1 Å². The monoisotopic (exact) mass is 168 g/mol. The fourth-order valence-corrected chi connectivity index (χ4v) is 0.750. The molecule has 0 rings (SSSR count). The molecule has 0 aromatic carbocycles. The minimum Gasteiger partial charge on any atom is -0.367 e. The summed E-state index contributed by atoms with van der Waals surface area (Å²) >= 11 is 0. The molecular formula is C3H13AlO4Si. The van der Waals surface area contributed by atoms with Crippen molar-refractivity contribution in [3.8, 4) is 0 Å². The van der Waals surface area contributed by atoms with Gasteiger partial charge in [0, 0.05) is 21.3 Å². The lowest BCUT2D eigenvalue weighted by Gasteiger charge is -2.14. The lowest BCUT2D eigenvalue weighted by Crippen LogP contribution is -2.42. The Morgan fingerprint density at radius 2 is 1.22 bits per heavy atom. The average molecular weight is 168 g/mol. The van der Waals surface area contributed by atoms with Crippen LogP contribution in [0.15, 0.2) is 0 Å². The number of hydrogen-bond donors (Lipinski definition) is 1. The summed E-state index contributed by atoms with van der Waals surface area (Å²) in [5.74, 6) is 0. The van der Waals surface area contributed by atoms with Crippen molar-refractivity contribution in [2.24, 2.45) is 0 Å². The first kappa shape index (κ1) is 12.3. The predicted molar refractivity (Wildman–Crippen MR) is 38.9 cm³/mol. The first-order valence-corrected chi connectivity index (χ1v) is 3.73. The first-order valence-electron chi connectivity index (χ1n) is 2.06. The fraction of sp³-hybridized carbons (Fsp3) is 1.00. The summed E-state index contributed by atoms with van der Waals surface area (Å²) in [6, 6.07) is 0. The topological polar surface area (TPSA) is 47.9 Å². The van der Waals surface area contributed by atoms with Crippen molar-refractivity contribution in [3.05, 3.63) is 0 Å². The molecule has 0 bridgehead atoms. The van der Waals surface area contributed by atoms with E-state index in [9.17, 15) is 0 Å². The zero-order valence-corrected chi connectivity index (χ0v) is 6.17. The van der Waals surface area contributed by atoms with Crippen LogP contribution in [0.4, 0.5) is 0 Å². The Morgan fingerprint density at radius 1 is 1.00 bits per heavy atom. The van der Waals surface area contributed by atoms with Crippen LogP contribution in [0.2, 0.25) is 0 Å². The normalized spacial score (nSPS) is 10.7. The second kappa shape index (κ2) is 5.38. The van der Waals surface area contributed by atoms with Crippen LogP contribution in [-0.2, 0) is 13.3 Å². The van der Waals surface area contributed by atoms with Gasteiger partial charge in [0.2, 0.25) is 0 Å². The highest BCUT2D eigenvalue weighted by Gasteiger charge is 2.36. The summed E-state index contributed by atoms with van der Waals surface area (Å²) in [6.45, 7) is 0. The molecule has 6 heteroatoms. The van der Waals surface area contributed by atoms with Gasteiger partial charge in [0.1, 0.15) is 0 Å². The summed E-state index contributed by atoms with van der Waals surface area (Å²) in [6.07, 6.45) is 0. The zero-order chi connectivity index (χ0) is 6.62. The van der Waals surface area contributed by atoms with E-state index in [1.165, 1.54) is 21.3 Å². The molecule has 0 aliphatic carbocycles. The standard InChI is InChI=1S/C3H10O4Si.Al.3H/c1-5-8(4,6-2)7-3;;;;/h4H,1-3H3;;;;. The molecule has 0 heterocycles. The molecule has 56 valence electrons. The van der Waals surface area contributed by atoms with Gasteiger partial charge in [-0.15, -0.1) is 0 Å². The van der Waals surface area contributed by atoms with Crippen LogP contribution >= 0.6 is 0 Å². The van der Waals surface area contributed by atoms with Crippen molar-refractivity contribution in [3.63, 3.8) is 0 Å². The van der Waals surface area contributed by atoms with E-state index < -0.39 is 9.05 Å². The smallest absolute Gasteiger partial charge is 0.367 e. The Hall–Kier alpha value is 0.589. The van der Waals surface area contributed by atoms with Crippen molar-refractivity contribution in [1.29, 1.82) is 0 Å². The van der Waals surface area contributed by atoms with Crippen LogP contribution in [0, 0.1) is 0 Å². The van der Waals surface area contributed by atoms with Crippen LogP contribution in [0.1, 0.15) is 0 Å². The van der Waals surface area contributed by atoms with Crippen LogP contribution in [0.25, 0.3) is 0 Å². The van der Waals surface area contributed by atoms with Gasteiger partial charge in [-0.1, -0.05) is 0 Å². The Kier molecular flexibility index (Phi) is 7.34. The largest absolute Gasteiger partial charge is 0.676 e. The molecule has 0 amide bonds. The maximum absolute atomic E-state index is 8.91. The van der Waals surface area contributed by atoms with E-state index in [0.717, 1.165) is 0 Å². The van der Waals surface area contributed by atoms with Crippen molar-refractivity contribution in [1.82, 2.24) is 0 Å². The maximum Gasteiger partial charge on any atom is 0.676 e. The Morgan fingerprint density at radius 3 is 1.22 bits per heavy atom. The second-order valence-electron chi connectivity index (χ2n) is 1.14. The predicted octanol–water partition coefficient (Wildman–Crippen LogP) is -1.83. The molecule has 9 heavy (non-hydrogen) atoms. The van der Waals surface area contributed by atoms with Crippen LogP contribution in [0.3, 0.4) is 0 Å². The van der Waals surface area contributed by atoms with E-state index in [1.807, 2.05) is 0 Å². The molecular weight excluding hydrogens is 155 g/mol. The van der Waals surface area contributed by atoms with E-state index in [4.69, 9.17) is 4.80 Å². The number of hydrogen-bond acceptors (Lipinski definition) is 4. The van der Waals surface area contributed by atoms with Crippen LogP contribution in [-0.4, -0.2) is 52.5 Å². The van der Waals surface area contributed by atoms with E-state index in [2.05, 4.69) is 13.3 Å². The molecule has 0 aromatic rings. The molecule has 0 aliphatic rings. The molecule has 0 saturated heterocycles. The van der Waals surface area contributed by atoms with E-state index in [0.29, 0.717) is 0 Å². The molecule has 0 unspecified atom stereocenters. The third-order valence-electron chi connectivity index (χ3n) is 0.774. The van der Waals surface area contributed by atoms with Gasteiger partial charge in [0.25, 0.3) is 0 Å². The molecule has 0 aliphatic heterocycles. The van der Waals surface area contributed by atoms with E-state index in [1.54, 1.807) is 0 Å². The van der Waals surface area contributed by atoms with Gasteiger partial charge in [-0.3, -0.25) is 0 Å². The van der Waals surface area contributed by atoms with Gasteiger partial charge in [-0.05, 0) is 0 Å². The third-order valence-corrected chi connectivity index (χ3v) is 2.32. The van der Waals surface area contributed by atoms with Gasteiger partial charge in [0.05, 0.1) is 0 Å². The molecule has 0 saturated carbocycles. The van der Waals surface area contributed by atoms with Gasteiger partial charge < -0.3 is 18.1 Å². The summed E-state index contributed by atoms with van der Waals surface area (Å²) in [4.78, 5) is 8.91. The van der Waals surface area contributed by atoms with E-state index in [-0.39, 0.29) is 17.4 Å². The molecule has 0 atom stereocenters. The second-order valence-corrected chi connectivity index (χ2v) is 3.41. The number of rotatable bonds is 3. The lowest BCUT2D eigenvalue weighted by molar-refractivity contribution is 0.0418. The Labute approximate surface area is 66.4 Å². The minimum absolute atomic E-state index is 0. The summed E-state index contributed by atoms with van der Waals surface area (Å²) < 4.78 is 13.5. The van der Waals surface area contributed by atoms with E-state index >= 15 is 0 Å². The van der Waals surface area contributed by atoms with Crippen LogP contribution in [0.5, 0.6) is 0 Å². The summed E-state index contributed by atoms with van der Waals surface area (Å²) in [7, 11) is 0.826. The lowest BCUT2D eigenvalue weighted by atomic mass is 11.8. The van der Waals surface area contributed by atoms with Crippen molar-refractivity contribution in [2.75, 3.05) is 21.3 Å². The fourth-order valence-electron chi connectivity index (χ4n) is 0.250. The Bertz CT molecular complexity index is 58.6. The highest BCUT2D eigenvalue weighted by atomic mass is 28.4. The molecule has 0 aromatic heterocycles. The Balaban J connectivity index is 0. The summed E-state index contributed by atoms with van der Waals surface area (Å²) in [5.41, 5.74) is 0. The molecule has 1 N–H and O–H groups in total. The molecule has 0 radical (unpaired) electrons. The summed E-state index contributed by atoms with van der Waals surface area (Å²) in [5, 5.41) is 0. The van der Waals surface area contributed by atoms with Crippen molar-refractivity contribution in [2.45, 2.75) is 0 Å². The highest BCUT2D eigenvalue weighted by molar-refractivity contribution is 6.51. The SMILES string of the molecule is CO[Si](O)(OC)OC.[AlH3]. The van der Waals surface area contributed by atoms with Gasteiger partial charge in [-0.2, -0.15) is 0 Å². The minimum atomic E-state index is -3.17. The van der Waals surface area contributed by atoms with Gasteiger partial charge in [-0.25, -0.2) is 0 Å². The first-order chi connectivity index (χ1) is 3.68. The molecule has 0 spiro atoms. The van der Waals surface area contributed by atoms with Gasteiger partial charge in [0.15, 0.2) is 17.4 Å². The van der Waals surface area contributed by atoms with Crippen molar-refractivity contribution >= 4 is 26.4 Å². The highest BCUT2D eigenvalue weighted by Crippen LogP contribution is 1.97. The van der Waals surface area contributed by atoms with Crippen LogP contribution < -0.4 is 0 Å². The molecule has 4 nitrogen and oxygen atoms in total. The molecule has 0 fully saturated rings.